The molecule has 2 atom stereocenters. The van der Waals surface area contributed by atoms with Crippen molar-refractivity contribution in [3.63, 3.8) is 0 Å². The van der Waals surface area contributed by atoms with Crippen molar-refractivity contribution in [2.75, 3.05) is 119 Å². The number of ether oxygens (including phenoxy) is 2. The van der Waals surface area contributed by atoms with Crippen molar-refractivity contribution >= 4 is 79.4 Å². The van der Waals surface area contributed by atoms with Gasteiger partial charge in [0.2, 0.25) is 11.8 Å². The largest absolute Gasteiger partial charge is 0.442 e. The Labute approximate surface area is 656 Å². The zero-order valence-corrected chi connectivity index (χ0v) is 67.4. The molecule has 0 unspecified atom stereocenters. The molecule has 0 radical (unpaired) electrons. The zero-order chi connectivity index (χ0) is 79.1. The molecule has 26 heteroatoms. The third kappa shape index (κ3) is 18.9. The predicted octanol–water partition coefficient (Wildman–Crippen LogP) is 9.72. The number of piperazine rings is 2. The van der Waals surface area contributed by atoms with Gasteiger partial charge in [-0.3, -0.25) is 38.6 Å². The molecule has 4 N–H and O–H groups in total. The van der Waals surface area contributed by atoms with E-state index in [9.17, 15) is 38.4 Å². The van der Waals surface area contributed by atoms with Crippen LogP contribution in [0.15, 0.2) is 107 Å². The van der Waals surface area contributed by atoms with E-state index in [1.807, 2.05) is 156 Å². The number of benzene rings is 4. The van der Waals surface area contributed by atoms with Gasteiger partial charge >= 0.3 is 24.0 Å². The summed E-state index contributed by atoms with van der Waals surface area (Å²) in [6, 6.07) is 26.7. The second-order valence-electron chi connectivity index (χ2n) is 33.6. The molecule has 0 bridgehead atoms. The SMILES string of the molecule is CCC(C)(C)C(=O)OCn1cc2cc(C[C@@H](NC(=O)N3CCC(c4cc5ccccc5[nH]c4=O)CC3)C(=O)N3CCN(C4CCN(C)CC4)CC3)cc(C)c2n1.CCC(C)(C)C(=O)OCn1ncc2cc(C[C@@H](NC(=O)N3CCC(c4cc5ccccc5[nH]c4=O)CC3)C(=O)N3CCN(C4CCN(C)CC4)CC3)cc(C)c21. The minimum absolute atomic E-state index is 0.0123. The van der Waals surface area contributed by atoms with Crippen LogP contribution in [-0.2, 0) is 55.0 Å². The summed E-state index contributed by atoms with van der Waals surface area (Å²) in [5, 5.41) is 19.3. The summed E-state index contributed by atoms with van der Waals surface area (Å²) in [5.41, 5.74) is 7.20. The minimum Gasteiger partial charge on any atom is -0.442 e. The number of rotatable bonds is 20. The highest BCUT2D eigenvalue weighted by atomic mass is 16.5. The van der Waals surface area contributed by atoms with Gasteiger partial charge in [0.25, 0.3) is 11.1 Å². The number of pyridine rings is 2. The maximum absolute atomic E-state index is 14.4. The summed E-state index contributed by atoms with van der Waals surface area (Å²) in [5.74, 6) is -0.594. The molecule has 600 valence electrons. The van der Waals surface area contributed by atoms with Crippen LogP contribution in [0.2, 0.25) is 0 Å². The van der Waals surface area contributed by atoms with Crippen LogP contribution in [0.3, 0.4) is 0 Å². The number of para-hydroxylation sites is 2. The highest BCUT2D eigenvalue weighted by Gasteiger charge is 2.38. The van der Waals surface area contributed by atoms with Crippen LogP contribution in [0.25, 0.3) is 43.6 Å². The lowest BCUT2D eigenvalue weighted by Crippen LogP contribution is -2.59. The summed E-state index contributed by atoms with van der Waals surface area (Å²) in [7, 11) is 4.35. The second kappa shape index (κ2) is 35.3. The van der Waals surface area contributed by atoms with Crippen LogP contribution in [0.1, 0.15) is 151 Å². The van der Waals surface area contributed by atoms with Gasteiger partial charge in [-0.15, -0.1) is 0 Å². The second-order valence-corrected chi connectivity index (χ2v) is 33.6. The van der Waals surface area contributed by atoms with E-state index in [0.29, 0.717) is 116 Å². The average Bonchev–Trinajstić information content (AvgIpc) is 1.30. The predicted molar refractivity (Wildman–Crippen MR) is 435 cm³/mol. The molecule has 0 saturated carbocycles. The molecule has 112 heavy (non-hydrogen) atoms. The third-order valence-electron chi connectivity index (χ3n) is 25.1. The number of amides is 6. The number of piperidine rings is 4. The molecule has 8 aromatic rings. The highest BCUT2D eigenvalue weighted by Crippen LogP contribution is 2.33. The van der Waals surface area contributed by atoms with Crippen LogP contribution < -0.4 is 21.8 Å². The van der Waals surface area contributed by atoms with Crippen LogP contribution in [0, 0.1) is 24.7 Å². The van der Waals surface area contributed by atoms with Crippen molar-refractivity contribution in [3.8, 4) is 0 Å². The molecule has 6 aliphatic heterocycles. The van der Waals surface area contributed by atoms with Gasteiger partial charge in [-0.25, -0.2) is 19.0 Å². The highest BCUT2D eigenvalue weighted by molar-refractivity contribution is 5.90. The molecule has 6 fully saturated rings. The molecule has 10 heterocycles. The fourth-order valence-corrected chi connectivity index (χ4v) is 17.1. The number of carbonyl (C=O) groups excluding carboxylic acids is 6. The first-order valence-electron chi connectivity index (χ1n) is 40.8. The molecule has 4 aromatic carbocycles. The van der Waals surface area contributed by atoms with E-state index >= 15 is 0 Å². The van der Waals surface area contributed by atoms with Gasteiger partial charge in [-0.2, -0.15) is 10.2 Å². The maximum Gasteiger partial charge on any atom is 0.318 e. The van der Waals surface area contributed by atoms with Crippen molar-refractivity contribution in [1.82, 2.24) is 79.4 Å². The van der Waals surface area contributed by atoms with Gasteiger partial charge in [-0.1, -0.05) is 62.4 Å². The Morgan fingerprint density at radius 3 is 1.37 bits per heavy atom. The van der Waals surface area contributed by atoms with Gasteiger partial charge in [-0.05, 0) is 227 Å². The van der Waals surface area contributed by atoms with E-state index in [4.69, 9.17) is 9.47 Å². The summed E-state index contributed by atoms with van der Waals surface area (Å²) >= 11 is 0. The number of urea groups is 2. The molecular weight excluding hydrogens is 1420 g/mol. The average molecular weight is 1530 g/mol. The molecule has 26 nitrogen and oxygen atoms in total. The van der Waals surface area contributed by atoms with E-state index in [2.05, 4.69) is 64.5 Å². The van der Waals surface area contributed by atoms with E-state index < -0.39 is 22.9 Å². The smallest absolute Gasteiger partial charge is 0.318 e. The monoisotopic (exact) mass is 1530 g/mol. The fourth-order valence-electron chi connectivity index (χ4n) is 17.1. The Morgan fingerprint density at radius 2 is 0.920 bits per heavy atom. The lowest BCUT2D eigenvalue weighted by atomic mass is 9.89. The number of nitrogens with zero attached hydrogens (tertiary/aromatic N) is 12. The molecule has 6 aliphatic rings. The number of fused-ring (bicyclic) bond motifs is 4. The van der Waals surface area contributed by atoms with Crippen LogP contribution in [-0.4, -0.2) is 248 Å². The first-order valence-corrected chi connectivity index (χ1v) is 40.8. The normalized spacial score (nSPS) is 18.7. The van der Waals surface area contributed by atoms with Crippen molar-refractivity contribution in [2.24, 2.45) is 10.8 Å². The van der Waals surface area contributed by atoms with Crippen LogP contribution in [0.5, 0.6) is 0 Å². The topological polar surface area (TPSA) is 272 Å². The Bertz CT molecular complexity index is 4610. The summed E-state index contributed by atoms with van der Waals surface area (Å²) in [4.78, 5) is 131. The molecule has 6 amide bonds. The fraction of sp³-hybridized carbons (Fsp3) is 0.558. The molecule has 4 aromatic heterocycles. The Balaban J connectivity index is 0.000000196. The summed E-state index contributed by atoms with van der Waals surface area (Å²) < 4.78 is 14.6. The molecule has 6 saturated heterocycles. The first-order chi connectivity index (χ1) is 53.8. The third-order valence-corrected chi connectivity index (χ3v) is 25.1. The quantitative estimate of drug-likeness (QED) is 0.0517. The van der Waals surface area contributed by atoms with E-state index in [1.54, 1.807) is 25.4 Å². The maximum atomic E-state index is 14.4. The Hall–Kier alpha value is -9.50. The number of esters is 2. The van der Waals surface area contributed by atoms with Gasteiger partial charge in [0, 0.05) is 143 Å². The van der Waals surface area contributed by atoms with Crippen LogP contribution >= 0.6 is 0 Å². The molecule has 0 spiro atoms. The van der Waals surface area contributed by atoms with E-state index in [1.165, 1.54) is 0 Å². The zero-order valence-electron chi connectivity index (χ0n) is 67.4. The van der Waals surface area contributed by atoms with Gasteiger partial charge in [0.1, 0.15) is 12.1 Å². The number of aromatic nitrogens is 6. The Kier molecular flexibility index (Phi) is 25.4. The number of hydrogen-bond donors (Lipinski definition) is 4. The number of likely N-dealkylation sites (tertiary alicyclic amines) is 4. The van der Waals surface area contributed by atoms with Crippen molar-refractivity contribution < 1.29 is 38.2 Å². The van der Waals surface area contributed by atoms with Gasteiger partial charge in [0.15, 0.2) is 13.5 Å². The minimum atomic E-state index is -0.762. The van der Waals surface area contributed by atoms with Crippen molar-refractivity contribution in [1.29, 1.82) is 0 Å². The number of hydrogen-bond acceptors (Lipinski definition) is 16. The lowest BCUT2D eigenvalue weighted by Gasteiger charge is -2.43. The molecule has 14 rings (SSSR count). The van der Waals surface area contributed by atoms with Gasteiger partial charge < -0.3 is 59.5 Å². The Morgan fingerprint density at radius 1 is 0.500 bits per heavy atom. The van der Waals surface area contributed by atoms with E-state index in [-0.39, 0.29) is 72.2 Å². The van der Waals surface area contributed by atoms with Crippen molar-refractivity contribution in [2.45, 2.75) is 182 Å². The number of carbonyl (C=O) groups is 6. The van der Waals surface area contributed by atoms with Crippen molar-refractivity contribution in [3.05, 3.63) is 151 Å². The molecular formula is C86H116N16O10. The molecule has 0 aliphatic carbocycles. The number of aromatic amines is 2. The number of nitrogens with one attached hydrogen (secondary N) is 4. The number of aryl methyl sites for hydroxylation is 2. The number of H-pyrrole nitrogens is 2. The summed E-state index contributed by atoms with van der Waals surface area (Å²) in [6.07, 6.45) is 12.8. The lowest BCUT2D eigenvalue weighted by molar-refractivity contribution is -0.159. The summed E-state index contributed by atoms with van der Waals surface area (Å²) in [6.45, 7) is 27.6. The van der Waals surface area contributed by atoms with Crippen LogP contribution in [0.4, 0.5) is 9.59 Å². The van der Waals surface area contributed by atoms with Gasteiger partial charge in [0.05, 0.1) is 28.1 Å². The standard InChI is InChI=1S/2C43H58N8O5/c1-6-43(3,4)41(54)56-28-51-27-33-24-30(23-29(2)38(33)46-51)25-37(40(53)49-21-19-48(20-22-49)34-13-15-47(5)16-14-34)45-42(55)50-17-11-31(12-18-50)35-26-32-9-7-8-10-36(32)44-39(35)52;1-6-43(3,4)41(54)56-28-51-38-29(2)23-30(24-33(38)27-44-51)25-37(40(53)49-21-19-48(20-22-49)34-13-15-47(5)16-14-34)46-42(55)50-17-11-31(12-18-50)35-26-32-9-7-8-10-36(32)45-39(35)52/h7-10,23-24,26-27,31,34,37H,6,11-22,25,28H2,1-5H3,(H,44,52)(H,45,55);7-10,23-24,26-27,31,34,37H,6,11-22,25,28H2,1-5H3,(H,45,52)(H,46,55)/t2*37-/m11/s1. The first kappa shape index (κ1) is 80.5. The van der Waals surface area contributed by atoms with E-state index in [0.717, 1.165) is 155 Å².